The maximum Gasteiger partial charge on any atom is 0.250 e. The van der Waals surface area contributed by atoms with Crippen LogP contribution in [0.15, 0.2) is 24.3 Å². The largest absolute Gasteiger partial charge is 0.339 e. The van der Waals surface area contributed by atoms with E-state index < -0.39 is 5.38 Å². The first-order chi connectivity index (χ1) is 9.68. The molecular formula is C14H15ClN2O2S. The van der Waals surface area contributed by atoms with E-state index in [-0.39, 0.29) is 18.4 Å². The monoisotopic (exact) mass is 310 g/mol. The first-order valence-electron chi connectivity index (χ1n) is 6.58. The molecule has 0 saturated carbocycles. The zero-order chi connectivity index (χ0) is 14.1. The number of alkyl halides is 1. The second kappa shape index (κ2) is 5.66. The first-order valence-corrected chi connectivity index (χ1v) is 8.17. The minimum Gasteiger partial charge on any atom is -0.339 e. The third kappa shape index (κ3) is 2.40. The second-order valence-corrected chi connectivity index (χ2v) is 6.50. The molecule has 2 heterocycles. The van der Waals surface area contributed by atoms with Crippen molar-refractivity contribution in [2.45, 2.75) is 5.38 Å². The summed E-state index contributed by atoms with van der Waals surface area (Å²) < 4.78 is 0. The zero-order valence-electron chi connectivity index (χ0n) is 10.9. The van der Waals surface area contributed by atoms with Crippen molar-refractivity contribution in [3.63, 3.8) is 0 Å². The number of halogens is 1. The molecule has 1 fully saturated rings. The van der Waals surface area contributed by atoms with E-state index in [2.05, 4.69) is 0 Å². The molecule has 0 spiro atoms. The number of nitrogens with zero attached hydrogens (tertiary/aromatic N) is 2. The number of hydrogen-bond donors (Lipinski definition) is 0. The fourth-order valence-corrected chi connectivity index (χ4v) is 3.75. The minimum atomic E-state index is -0.670. The molecule has 0 aliphatic carbocycles. The molecule has 2 aliphatic heterocycles. The van der Waals surface area contributed by atoms with Gasteiger partial charge in [-0.15, -0.1) is 11.6 Å². The Morgan fingerprint density at radius 2 is 2.00 bits per heavy atom. The maximum atomic E-state index is 12.3. The Hall–Kier alpha value is -1.20. The van der Waals surface area contributed by atoms with E-state index >= 15 is 0 Å². The van der Waals surface area contributed by atoms with Crippen LogP contribution in [0.1, 0.15) is 10.9 Å². The molecule has 1 unspecified atom stereocenters. The van der Waals surface area contributed by atoms with E-state index in [9.17, 15) is 9.59 Å². The first kappa shape index (κ1) is 13.8. The highest BCUT2D eigenvalue weighted by Gasteiger charge is 2.37. The zero-order valence-corrected chi connectivity index (χ0v) is 12.5. The summed E-state index contributed by atoms with van der Waals surface area (Å²) in [5.74, 6) is 1.73. The highest BCUT2D eigenvalue weighted by atomic mass is 35.5. The molecule has 2 aliphatic rings. The van der Waals surface area contributed by atoms with Crippen LogP contribution in [0.2, 0.25) is 0 Å². The summed E-state index contributed by atoms with van der Waals surface area (Å²) in [5, 5.41) is -0.670. The van der Waals surface area contributed by atoms with E-state index in [1.165, 1.54) is 4.90 Å². The lowest BCUT2D eigenvalue weighted by atomic mass is 10.2. The van der Waals surface area contributed by atoms with Crippen LogP contribution < -0.4 is 4.90 Å². The summed E-state index contributed by atoms with van der Waals surface area (Å²) >= 11 is 7.99. The number of thioether (sulfide) groups is 1. The molecule has 0 bridgehead atoms. The Bertz CT molecular complexity index is 546. The van der Waals surface area contributed by atoms with Crippen molar-refractivity contribution in [1.29, 1.82) is 0 Å². The van der Waals surface area contributed by atoms with Crippen LogP contribution in [0, 0.1) is 0 Å². The Kier molecular flexibility index (Phi) is 3.89. The van der Waals surface area contributed by atoms with Crippen molar-refractivity contribution in [2.24, 2.45) is 0 Å². The van der Waals surface area contributed by atoms with Gasteiger partial charge in [0.25, 0.3) is 0 Å². The van der Waals surface area contributed by atoms with Gasteiger partial charge in [0.15, 0.2) is 0 Å². The predicted molar refractivity (Wildman–Crippen MR) is 81.3 cm³/mol. The molecule has 3 rings (SSSR count). The van der Waals surface area contributed by atoms with Gasteiger partial charge in [0, 0.05) is 35.8 Å². The summed E-state index contributed by atoms with van der Waals surface area (Å²) in [6.45, 7) is 1.61. The van der Waals surface area contributed by atoms with Crippen LogP contribution in [-0.2, 0) is 9.59 Å². The number of hydrogen-bond acceptors (Lipinski definition) is 3. The van der Waals surface area contributed by atoms with Crippen LogP contribution in [0.5, 0.6) is 0 Å². The van der Waals surface area contributed by atoms with Crippen LogP contribution in [0.3, 0.4) is 0 Å². The van der Waals surface area contributed by atoms with E-state index in [1.54, 1.807) is 0 Å². The molecular weight excluding hydrogens is 296 g/mol. The third-order valence-corrected chi connectivity index (χ3v) is 5.00. The lowest BCUT2D eigenvalue weighted by Crippen LogP contribution is -2.45. The SMILES string of the molecule is O=C(CN1C(=O)C(Cl)c2ccccc21)N1CCSCC1. The van der Waals surface area contributed by atoms with Crippen molar-refractivity contribution in [3.05, 3.63) is 29.8 Å². The molecule has 4 nitrogen and oxygen atoms in total. The molecule has 20 heavy (non-hydrogen) atoms. The van der Waals surface area contributed by atoms with E-state index in [4.69, 9.17) is 11.6 Å². The molecule has 2 amide bonds. The van der Waals surface area contributed by atoms with Gasteiger partial charge < -0.3 is 9.80 Å². The smallest absolute Gasteiger partial charge is 0.250 e. The maximum absolute atomic E-state index is 12.3. The Balaban J connectivity index is 1.77. The normalized spacial score (nSPS) is 22.1. The van der Waals surface area contributed by atoms with Gasteiger partial charge in [-0.2, -0.15) is 11.8 Å². The lowest BCUT2D eigenvalue weighted by molar-refractivity contribution is -0.130. The third-order valence-electron chi connectivity index (χ3n) is 3.64. The fourth-order valence-electron chi connectivity index (χ4n) is 2.55. The fraction of sp³-hybridized carbons (Fsp3) is 0.429. The molecule has 1 saturated heterocycles. The number of benzene rings is 1. The van der Waals surface area contributed by atoms with Crippen molar-refractivity contribution in [3.8, 4) is 0 Å². The Morgan fingerprint density at radius 3 is 2.75 bits per heavy atom. The molecule has 0 N–H and O–H groups in total. The Morgan fingerprint density at radius 1 is 1.30 bits per heavy atom. The van der Waals surface area contributed by atoms with Gasteiger partial charge in [-0.1, -0.05) is 18.2 Å². The topological polar surface area (TPSA) is 40.6 Å². The van der Waals surface area contributed by atoms with Crippen LogP contribution in [0.4, 0.5) is 5.69 Å². The molecule has 1 aromatic rings. The molecule has 6 heteroatoms. The summed E-state index contributed by atoms with van der Waals surface area (Å²) in [6.07, 6.45) is 0. The number of carbonyl (C=O) groups excluding carboxylic acids is 2. The average Bonchev–Trinajstić information content (AvgIpc) is 2.74. The van der Waals surface area contributed by atoms with Gasteiger partial charge in [0.1, 0.15) is 11.9 Å². The number of fused-ring (bicyclic) bond motifs is 1. The second-order valence-electron chi connectivity index (χ2n) is 4.84. The molecule has 0 aromatic heterocycles. The highest BCUT2D eigenvalue weighted by molar-refractivity contribution is 7.99. The summed E-state index contributed by atoms with van der Waals surface area (Å²) in [6, 6.07) is 7.40. The Labute approximate surface area is 127 Å². The van der Waals surface area contributed by atoms with Crippen LogP contribution in [-0.4, -0.2) is 47.9 Å². The number of amides is 2. The molecule has 106 valence electrons. The standard InChI is InChI=1S/C14H15ClN2O2S/c15-13-10-3-1-2-4-11(10)17(14(13)19)9-12(18)16-5-7-20-8-6-16/h1-4,13H,5-9H2. The van der Waals surface area contributed by atoms with Gasteiger partial charge in [0.2, 0.25) is 11.8 Å². The van der Waals surface area contributed by atoms with Gasteiger partial charge >= 0.3 is 0 Å². The number of carbonyl (C=O) groups is 2. The lowest BCUT2D eigenvalue weighted by Gasteiger charge is -2.28. The van der Waals surface area contributed by atoms with Crippen molar-refractivity contribution in [1.82, 2.24) is 4.90 Å². The number of rotatable bonds is 2. The summed E-state index contributed by atoms with van der Waals surface area (Å²) in [4.78, 5) is 27.8. The minimum absolute atomic E-state index is 0.000722. The van der Waals surface area contributed by atoms with Crippen molar-refractivity contribution >= 4 is 40.9 Å². The summed E-state index contributed by atoms with van der Waals surface area (Å²) in [7, 11) is 0. The van der Waals surface area contributed by atoms with Gasteiger partial charge in [-0.3, -0.25) is 9.59 Å². The quantitative estimate of drug-likeness (QED) is 0.783. The van der Waals surface area contributed by atoms with Crippen LogP contribution in [0.25, 0.3) is 0 Å². The van der Waals surface area contributed by atoms with E-state index in [0.29, 0.717) is 0 Å². The van der Waals surface area contributed by atoms with Gasteiger partial charge in [-0.05, 0) is 6.07 Å². The van der Waals surface area contributed by atoms with E-state index in [1.807, 2.05) is 40.9 Å². The number of anilines is 1. The highest BCUT2D eigenvalue weighted by Crippen LogP contribution is 2.39. The predicted octanol–water partition coefficient (Wildman–Crippen LogP) is 1.89. The van der Waals surface area contributed by atoms with E-state index in [0.717, 1.165) is 35.8 Å². The molecule has 1 aromatic carbocycles. The number of para-hydroxylation sites is 1. The van der Waals surface area contributed by atoms with Crippen LogP contribution >= 0.6 is 23.4 Å². The average molecular weight is 311 g/mol. The van der Waals surface area contributed by atoms with Crippen molar-refractivity contribution < 1.29 is 9.59 Å². The van der Waals surface area contributed by atoms with Gasteiger partial charge in [0.05, 0.1) is 0 Å². The summed E-state index contributed by atoms with van der Waals surface area (Å²) in [5.41, 5.74) is 1.55. The molecule has 1 atom stereocenters. The van der Waals surface area contributed by atoms with Gasteiger partial charge in [-0.25, -0.2) is 0 Å². The molecule has 0 radical (unpaired) electrons. The van der Waals surface area contributed by atoms with Crippen molar-refractivity contribution in [2.75, 3.05) is 36.0 Å².